The van der Waals surface area contributed by atoms with E-state index >= 15 is 0 Å². The van der Waals surface area contributed by atoms with Crippen molar-refractivity contribution in [2.24, 2.45) is 5.73 Å². The van der Waals surface area contributed by atoms with Gasteiger partial charge in [-0.15, -0.1) is 0 Å². The minimum absolute atomic E-state index is 0.470. The van der Waals surface area contributed by atoms with Gasteiger partial charge in [0.05, 0.1) is 13.2 Å². The Morgan fingerprint density at radius 3 is 2.23 bits per heavy atom. The smallest absolute Gasteiger partial charge is 0.0594 e. The molecule has 1 heterocycles. The summed E-state index contributed by atoms with van der Waals surface area (Å²) in [7, 11) is 0. The van der Waals surface area contributed by atoms with Crippen LogP contribution in [0.3, 0.4) is 0 Å². The number of rotatable bonds is 1. The van der Waals surface area contributed by atoms with Crippen LogP contribution in [-0.2, 0) is 4.74 Å². The maximum Gasteiger partial charge on any atom is 0.0594 e. The Kier molecular flexibility index (Phi) is 3.19. The second kappa shape index (κ2) is 4.40. The average Bonchev–Trinajstić information content (AvgIpc) is 2.20. The number of hydrogen-bond donors (Lipinski definition) is 1. The van der Waals surface area contributed by atoms with Gasteiger partial charge >= 0.3 is 0 Å². The molecule has 3 nitrogen and oxygen atoms in total. The predicted molar refractivity (Wildman–Crippen MR) is 52.6 cm³/mol. The molecule has 0 amide bonds. The summed E-state index contributed by atoms with van der Waals surface area (Å²) in [5, 5.41) is 0. The highest BCUT2D eigenvalue weighted by Gasteiger charge is 2.25. The van der Waals surface area contributed by atoms with Crippen LogP contribution in [0.1, 0.15) is 25.7 Å². The van der Waals surface area contributed by atoms with Gasteiger partial charge in [-0.2, -0.15) is 0 Å². The van der Waals surface area contributed by atoms with Crippen molar-refractivity contribution in [2.75, 3.05) is 26.3 Å². The second-order valence-corrected chi connectivity index (χ2v) is 4.22. The topological polar surface area (TPSA) is 38.5 Å². The number of nitrogens with zero attached hydrogens (tertiary/aromatic N) is 1. The first kappa shape index (κ1) is 9.44. The minimum Gasteiger partial charge on any atom is -0.379 e. The lowest BCUT2D eigenvalue weighted by molar-refractivity contribution is 0.00749. The van der Waals surface area contributed by atoms with E-state index in [0.717, 1.165) is 32.3 Å². The van der Waals surface area contributed by atoms with Crippen LogP contribution in [0.15, 0.2) is 0 Å². The molecule has 1 aliphatic carbocycles. The molecular formula is C10H20N2O. The average molecular weight is 184 g/mol. The third kappa shape index (κ3) is 2.42. The van der Waals surface area contributed by atoms with Gasteiger partial charge in [-0.05, 0) is 25.7 Å². The van der Waals surface area contributed by atoms with E-state index in [2.05, 4.69) is 4.90 Å². The van der Waals surface area contributed by atoms with Crippen LogP contribution in [0.5, 0.6) is 0 Å². The van der Waals surface area contributed by atoms with Gasteiger partial charge in [-0.3, -0.25) is 4.90 Å². The van der Waals surface area contributed by atoms with E-state index in [-0.39, 0.29) is 0 Å². The van der Waals surface area contributed by atoms with Crippen molar-refractivity contribution in [3.63, 3.8) is 0 Å². The highest BCUT2D eigenvalue weighted by atomic mass is 16.5. The maximum atomic E-state index is 5.88. The first-order valence-electron chi connectivity index (χ1n) is 5.43. The van der Waals surface area contributed by atoms with Crippen molar-refractivity contribution < 1.29 is 4.74 Å². The van der Waals surface area contributed by atoms with Crippen LogP contribution < -0.4 is 5.73 Å². The normalized spacial score (nSPS) is 37.6. The van der Waals surface area contributed by atoms with Crippen molar-refractivity contribution in [2.45, 2.75) is 37.8 Å². The molecule has 0 aromatic carbocycles. The van der Waals surface area contributed by atoms with E-state index in [1.165, 1.54) is 25.7 Å². The lowest BCUT2D eigenvalue weighted by Gasteiger charge is -2.38. The van der Waals surface area contributed by atoms with Crippen LogP contribution in [0.25, 0.3) is 0 Å². The zero-order chi connectivity index (χ0) is 9.10. The summed E-state index contributed by atoms with van der Waals surface area (Å²) in [5.41, 5.74) is 5.88. The van der Waals surface area contributed by atoms with E-state index in [1.54, 1.807) is 0 Å². The zero-order valence-corrected chi connectivity index (χ0v) is 8.24. The van der Waals surface area contributed by atoms with Crippen LogP contribution in [-0.4, -0.2) is 43.3 Å². The van der Waals surface area contributed by atoms with Crippen molar-refractivity contribution in [3.05, 3.63) is 0 Å². The van der Waals surface area contributed by atoms with Gasteiger partial charge in [0.1, 0.15) is 0 Å². The standard InChI is InChI=1S/C10H20N2O/c11-9-1-3-10(4-2-9)12-5-7-13-8-6-12/h9-10H,1-8,11H2/t9-,10+. The first-order valence-corrected chi connectivity index (χ1v) is 5.43. The van der Waals surface area contributed by atoms with Gasteiger partial charge < -0.3 is 10.5 Å². The highest BCUT2D eigenvalue weighted by Crippen LogP contribution is 2.22. The van der Waals surface area contributed by atoms with Crippen LogP contribution in [0.2, 0.25) is 0 Å². The Morgan fingerprint density at radius 2 is 1.62 bits per heavy atom. The molecule has 13 heavy (non-hydrogen) atoms. The predicted octanol–water partition coefficient (Wildman–Crippen LogP) is 0.588. The van der Waals surface area contributed by atoms with Gasteiger partial charge in [0.2, 0.25) is 0 Å². The van der Waals surface area contributed by atoms with Crippen LogP contribution in [0, 0.1) is 0 Å². The van der Waals surface area contributed by atoms with Gasteiger partial charge in [0.25, 0.3) is 0 Å². The molecule has 0 radical (unpaired) electrons. The van der Waals surface area contributed by atoms with Crippen LogP contribution in [0.4, 0.5) is 0 Å². The summed E-state index contributed by atoms with van der Waals surface area (Å²) < 4.78 is 5.35. The fraction of sp³-hybridized carbons (Fsp3) is 1.00. The zero-order valence-electron chi connectivity index (χ0n) is 8.24. The molecule has 0 aromatic rings. The second-order valence-electron chi connectivity index (χ2n) is 4.22. The molecular weight excluding hydrogens is 164 g/mol. The third-order valence-corrected chi connectivity index (χ3v) is 3.30. The van der Waals surface area contributed by atoms with Crippen molar-refractivity contribution in [3.8, 4) is 0 Å². The quantitative estimate of drug-likeness (QED) is 0.648. The SMILES string of the molecule is N[C@H]1CC[C@@H](N2CCOCC2)CC1. The molecule has 1 saturated carbocycles. The van der Waals surface area contributed by atoms with E-state index < -0.39 is 0 Å². The molecule has 1 aliphatic heterocycles. The molecule has 2 rings (SSSR count). The molecule has 2 fully saturated rings. The largest absolute Gasteiger partial charge is 0.379 e. The Hall–Kier alpha value is -0.120. The summed E-state index contributed by atoms with van der Waals surface area (Å²) >= 11 is 0. The Balaban J connectivity index is 1.79. The number of ether oxygens (including phenoxy) is 1. The lowest BCUT2D eigenvalue weighted by Crippen LogP contribution is -2.46. The van der Waals surface area contributed by atoms with Gasteiger partial charge in [0.15, 0.2) is 0 Å². The van der Waals surface area contributed by atoms with E-state index in [4.69, 9.17) is 10.5 Å². The van der Waals surface area contributed by atoms with Gasteiger partial charge in [-0.25, -0.2) is 0 Å². The number of hydrogen-bond acceptors (Lipinski definition) is 3. The fourth-order valence-electron chi connectivity index (χ4n) is 2.41. The fourth-order valence-corrected chi connectivity index (χ4v) is 2.41. The lowest BCUT2D eigenvalue weighted by atomic mass is 9.90. The Morgan fingerprint density at radius 1 is 1.00 bits per heavy atom. The molecule has 0 unspecified atom stereocenters. The molecule has 0 bridgehead atoms. The van der Waals surface area contributed by atoms with Crippen molar-refractivity contribution in [1.82, 2.24) is 4.90 Å². The van der Waals surface area contributed by atoms with E-state index in [1.807, 2.05) is 0 Å². The first-order chi connectivity index (χ1) is 6.36. The Bertz CT molecular complexity index is 149. The molecule has 3 heteroatoms. The monoisotopic (exact) mass is 184 g/mol. The molecule has 2 N–H and O–H groups in total. The molecule has 1 saturated heterocycles. The molecule has 0 spiro atoms. The van der Waals surface area contributed by atoms with Gasteiger partial charge in [0, 0.05) is 25.2 Å². The summed E-state index contributed by atoms with van der Waals surface area (Å²) in [5.74, 6) is 0. The van der Waals surface area contributed by atoms with Crippen LogP contribution >= 0.6 is 0 Å². The van der Waals surface area contributed by atoms with E-state index in [9.17, 15) is 0 Å². The summed E-state index contributed by atoms with van der Waals surface area (Å²) in [4.78, 5) is 2.58. The summed E-state index contributed by atoms with van der Waals surface area (Å²) in [6.07, 6.45) is 5.01. The number of morpholine rings is 1. The third-order valence-electron chi connectivity index (χ3n) is 3.30. The maximum absolute atomic E-state index is 5.88. The van der Waals surface area contributed by atoms with Crippen molar-refractivity contribution in [1.29, 1.82) is 0 Å². The molecule has 0 atom stereocenters. The Labute approximate surface area is 80.2 Å². The molecule has 0 aromatic heterocycles. The van der Waals surface area contributed by atoms with Crippen molar-refractivity contribution >= 4 is 0 Å². The molecule has 2 aliphatic rings. The van der Waals surface area contributed by atoms with E-state index in [0.29, 0.717) is 6.04 Å². The summed E-state index contributed by atoms with van der Waals surface area (Å²) in [6.45, 7) is 4.09. The summed E-state index contributed by atoms with van der Waals surface area (Å²) in [6, 6.07) is 1.26. The number of nitrogens with two attached hydrogens (primary N) is 1. The molecule has 76 valence electrons. The minimum atomic E-state index is 0.470. The van der Waals surface area contributed by atoms with Gasteiger partial charge in [-0.1, -0.05) is 0 Å². The highest BCUT2D eigenvalue weighted by molar-refractivity contribution is 4.81.